The molecule has 0 fully saturated rings. The van der Waals surface area contributed by atoms with Crippen LogP contribution in [0.2, 0.25) is 13.3 Å². The Bertz CT molecular complexity index is 1380. The van der Waals surface area contributed by atoms with E-state index in [4.69, 9.17) is 3.07 Å². The number of benzene rings is 2. The van der Waals surface area contributed by atoms with Gasteiger partial charge >= 0.3 is 201 Å². The minimum atomic E-state index is -3.81. The molecule has 0 aliphatic carbocycles. The van der Waals surface area contributed by atoms with Gasteiger partial charge in [0.1, 0.15) is 5.82 Å². The van der Waals surface area contributed by atoms with Crippen LogP contribution in [0.1, 0.15) is 69.7 Å². The summed E-state index contributed by atoms with van der Waals surface area (Å²) in [6, 6.07) is 15.3. The van der Waals surface area contributed by atoms with Crippen molar-refractivity contribution in [2.45, 2.75) is 77.5 Å². The molecule has 0 spiro atoms. The number of rotatable bonds is 16. The number of phenols is 1. The molecule has 0 bridgehead atoms. The fraction of sp³-hybridized carbons (Fsp3) is 0.400. The third kappa shape index (κ3) is 9.81. The molecule has 3 aromatic rings. The van der Waals surface area contributed by atoms with Crippen molar-refractivity contribution in [3.63, 3.8) is 0 Å². The van der Waals surface area contributed by atoms with Gasteiger partial charge in [0.2, 0.25) is 0 Å². The Hall–Kier alpha value is -2.99. The Morgan fingerprint density at radius 3 is 2.02 bits per heavy atom. The van der Waals surface area contributed by atoms with Gasteiger partial charge in [0, 0.05) is 6.20 Å². The Morgan fingerprint density at radius 2 is 1.46 bits per heavy atom. The summed E-state index contributed by atoms with van der Waals surface area (Å²) in [5, 5.41) is 18.9. The Balaban J connectivity index is 1.76. The molecule has 220 valence electrons. The first kappa shape index (κ1) is 32.5. The number of carbonyl (C=O) groups is 1. The van der Waals surface area contributed by atoms with Crippen molar-refractivity contribution in [1.29, 1.82) is 0 Å². The molecule has 1 heterocycles. The molecule has 11 heteroatoms. The van der Waals surface area contributed by atoms with Crippen LogP contribution in [0.4, 0.5) is 17.2 Å². The fourth-order valence-electron chi connectivity index (χ4n) is 4.45. The predicted molar refractivity (Wildman–Crippen MR) is 164 cm³/mol. The van der Waals surface area contributed by atoms with E-state index in [9.17, 15) is 18.3 Å². The van der Waals surface area contributed by atoms with Crippen molar-refractivity contribution < 1.29 is 21.4 Å². The van der Waals surface area contributed by atoms with Gasteiger partial charge in [-0.25, -0.2) is 13.4 Å². The second kappa shape index (κ2) is 15.9. The van der Waals surface area contributed by atoms with Gasteiger partial charge in [-0.3, -0.25) is 4.72 Å². The molecule has 0 atom stereocenters. The number of pyridine rings is 1. The van der Waals surface area contributed by atoms with Crippen molar-refractivity contribution in [3.05, 3.63) is 72.4 Å². The second-order valence-electron chi connectivity index (χ2n) is 10.1. The first-order chi connectivity index (χ1) is 19.7. The van der Waals surface area contributed by atoms with Crippen LogP contribution in [0.3, 0.4) is 0 Å². The van der Waals surface area contributed by atoms with Gasteiger partial charge in [-0.05, 0) is 12.1 Å². The number of hydrogen-bond donors (Lipinski definition) is 2. The Labute approximate surface area is 248 Å². The van der Waals surface area contributed by atoms with Crippen LogP contribution in [0.15, 0.2) is 82.0 Å². The number of azo groups is 1. The SMILES string of the molecule is CCC[CH2][Sn]([CH2]CCC)([CH2]CCC)[O]C(=O)c1cc(N=Nc2ccc(S(=O)(=O)Nc3ccccn3)cc2)ccc1O. The number of aromatic nitrogens is 1. The summed E-state index contributed by atoms with van der Waals surface area (Å²) < 4.78 is 37.1. The van der Waals surface area contributed by atoms with Crippen LogP contribution in [0.25, 0.3) is 0 Å². The molecule has 0 saturated carbocycles. The molecular weight excluding hydrogens is 647 g/mol. The van der Waals surface area contributed by atoms with Gasteiger partial charge in [0.25, 0.3) is 0 Å². The minimum absolute atomic E-state index is 0.0563. The number of unbranched alkanes of at least 4 members (excludes halogenated alkanes) is 3. The number of hydrogen-bond acceptors (Lipinski definition) is 8. The number of sulfonamides is 1. The predicted octanol–water partition coefficient (Wildman–Crippen LogP) is 8.51. The first-order valence-corrected chi connectivity index (χ1v) is 22.9. The van der Waals surface area contributed by atoms with E-state index in [1.54, 1.807) is 24.3 Å². The second-order valence-corrected chi connectivity index (χ2v) is 23.4. The zero-order valence-corrected chi connectivity index (χ0v) is 27.7. The van der Waals surface area contributed by atoms with Gasteiger partial charge in [0.15, 0.2) is 0 Å². The molecule has 0 radical (unpaired) electrons. The van der Waals surface area contributed by atoms with Gasteiger partial charge < -0.3 is 0 Å². The van der Waals surface area contributed by atoms with Crippen LogP contribution in [0, 0.1) is 0 Å². The van der Waals surface area contributed by atoms with E-state index in [1.165, 1.54) is 42.6 Å². The number of phenolic OH excluding ortho intramolecular Hbond substituents is 1. The average molecular weight is 687 g/mol. The number of anilines is 1. The molecule has 2 aromatic carbocycles. The van der Waals surface area contributed by atoms with Crippen LogP contribution in [-0.4, -0.2) is 43.3 Å². The third-order valence-corrected chi connectivity index (χ3v) is 20.8. The summed E-state index contributed by atoms with van der Waals surface area (Å²) in [5.74, 6) is -0.403. The summed E-state index contributed by atoms with van der Waals surface area (Å²) in [6.45, 7) is 6.47. The third-order valence-electron chi connectivity index (χ3n) is 6.80. The molecule has 41 heavy (non-hydrogen) atoms. The zero-order chi connectivity index (χ0) is 29.7. The molecule has 1 aromatic heterocycles. The number of aromatic hydroxyl groups is 1. The van der Waals surface area contributed by atoms with Crippen molar-refractivity contribution in [3.8, 4) is 5.75 Å². The molecule has 0 saturated heterocycles. The van der Waals surface area contributed by atoms with Crippen molar-refractivity contribution in [2.24, 2.45) is 10.2 Å². The molecule has 0 aliphatic heterocycles. The van der Waals surface area contributed by atoms with E-state index in [-0.39, 0.29) is 22.0 Å². The monoisotopic (exact) mass is 688 g/mol. The normalized spacial score (nSPS) is 12.0. The number of carbonyl (C=O) groups excluding carboxylic acids is 1. The maximum absolute atomic E-state index is 13.4. The average Bonchev–Trinajstić information content (AvgIpc) is 2.98. The molecule has 2 N–H and O–H groups in total. The van der Waals surface area contributed by atoms with E-state index in [1.807, 2.05) is 0 Å². The van der Waals surface area contributed by atoms with Crippen molar-refractivity contribution in [1.82, 2.24) is 4.98 Å². The molecule has 0 aliphatic rings. The van der Waals surface area contributed by atoms with E-state index in [0.717, 1.165) is 51.8 Å². The van der Waals surface area contributed by atoms with Crippen LogP contribution in [-0.2, 0) is 13.1 Å². The first-order valence-electron chi connectivity index (χ1n) is 14.2. The summed E-state index contributed by atoms with van der Waals surface area (Å²) in [5.41, 5.74) is 0.890. The number of nitrogens with zero attached hydrogens (tertiary/aromatic N) is 3. The number of nitrogens with one attached hydrogen (secondary N) is 1. The Morgan fingerprint density at radius 1 is 0.878 bits per heavy atom. The van der Waals surface area contributed by atoms with Crippen molar-refractivity contribution in [2.75, 3.05) is 4.72 Å². The van der Waals surface area contributed by atoms with Gasteiger partial charge in [-0.2, -0.15) is 0 Å². The quantitative estimate of drug-likeness (QED) is 0.115. The molecular formula is C30H40N4O5SSn. The van der Waals surface area contributed by atoms with Crippen LogP contribution < -0.4 is 4.72 Å². The van der Waals surface area contributed by atoms with E-state index < -0.39 is 34.8 Å². The van der Waals surface area contributed by atoms with Crippen LogP contribution in [0.5, 0.6) is 5.75 Å². The van der Waals surface area contributed by atoms with Gasteiger partial charge in [-0.1, -0.05) is 6.07 Å². The molecule has 0 unspecified atom stereocenters. The molecule has 3 rings (SSSR count). The van der Waals surface area contributed by atoms with Crippen molar-refractivity contribution >= 4 is 52.0 Å². The van der Waals surface area contributed by atoms with E-state index >= 15 is 0 Å². The molecule has 0 amide bonds. The summed E-state index contributed by atoms with van der Waals surface area (Å²) in [6.07, 6.45) is 7.83. The topological polar surface area (TPSA) is 130 Å². The summed E-state index contributed by atoms with van der Waals surface area (Å²) in [4.78, 5) is 17.4. The van der Waals surface area contributed by atoms with E-state index in [0.29, 0.717) is 11.4 Å². The Kier molecular flexibility index (Phi) is 12.6. The zero-order valence-electron chi connectivity index (χ0n) is 24.0. The van der Waals surface area contributed by atoms with Gasteiger partial charge in [0.05, 0.1) is 0 Å². The summed E-state index contributed by atoms with van der Waals surface area (Å²) in [7, 11) is -3.81. The fourth-order valence-corrected chi connectivity index (χ4v) is 18.5. The van der Waals surface area contributed by atoms with Crippen LogP contribution >= 0.6 is 0 Å². The van der Waals surface area contributed by atoms with E-state index in [2.05, 4.69) is 40.7 Å². The van der Waals surface area contributed by atoms with Gasteiger partial charge in [-0.15, -0.1) is 0 Å². The molecule has 9 nitrogen and oxygen atoms in total. The maximum atomic E-state index is 13.4. The summed E-state index contributed by atoms with van der Waals surface area (Å²) >= 11 is -3.24. The standard InChI is InChI=1S/C18H14N4O5S.3C4H9.Sn/c23-16-9-6-13(11-15(16)18(24)25)21-20-12-4-7-14(8-5-12)28(26,27)22-17-3-1-2-10-19-17;3*1-3-4-2;/h1-11,23H,(H,19,22)(H,24,25);3*1,3-4H2,2H3;/q;;;;+1/p-1.